The smallest absolute Gasteiger partial charge is 0.336 e. The number of thioether (sulfide) groups is 1. The van der Waals surface area contributed by atoms with Crippen LogP contribution >= 0.6 is 23.1 Å². The van der Waals surface area contributed by atoms with Crippen molar-refractivity contribution in [3.63, 3.8) is 0 Å². The highest BCUT2D eigenvalue weighted by Crippen LogP contribution is 2.32. The quantitative estimate of drug-likeness (QED) is 0.147. The number of fused-ring (bicyclic) bond motifs is 2. The molecule has 0 bridgehead atoms. The second kappa shape index (κ2) is 12.4. The van der Waals surface area contributed by atoms with Crippen LogP contribution in [0.15, 0.2) is 83.8 Å². The molecule has 0 saturated heterocycles. The Labute approximate surface area is 244 Å². The van der Waals surface area contributed by atoms with Crippen LogP contribution in [0.3, 0.4) is 0 Å². The van der Waals surface area contributed by atoms with Crippen molar-refractivity contribution in [2.24, 2.45) is 0 Å². The van der Waals surface area contributed by atoms with Gasteiger partial charge in [0.05, 0.1) is 27.6 Å². The van der Waals surface area contributed by atoms with E-state index in [2.05, 4.69) is 15.6 Å². The molecule has 1 heterocycles. The molecule has 3 N–H and O–H groups in total. The van der Waals surface area contributed by atoms with Crippen molar-refractivity contribution in [3.8, 4) is 5.75 Å². The monoisotopic (exact) mass is 585 g/mol. The van der Waals surface area contributed by atoms with Gasteiger partial charge in [-0.2, -0.15) is 0 Å². The van der Waals surface area contributed by atoms with Gasteiger partial charge in [0.2, 0.25) is 5.91 Å². The highest BCUT2D eigenvalue weighted by Gasteiger charge is 2.21. The predicted molar refractivity (Wildman–Crippen MR) is 165 cm³/mol. The van der Waals surface area contributed by atoms with Gasteiger partial charge in [0.1, 0.15) is 5.75 Å². The second-order valence-corrected chi connectivity index (χ2v) is 11.4. The Balaban J connectivity index is 1.30. The zero-order chi connectivity index (χ0) is 28.9. The minimum absolute atomic E-state index is 0.0669. The number of ether oxygens (including phenoxy) is 1. The number of carboxylic acids is 1. The molecule has 0 aliphatic heterocycles. The third kappa shape index (κ3) is 6.34. The topological polar surface area (TPSA) is 118 Å². The van der Waals surface area contributed by atoms with E-state index in [1.807, 2.05) is 38.1 Å². The molecule has 0 radical (unpaired) electrons. The van der Waals surface area contributed by atoms with Crippen LogP contribution in [0.5, 0.6) is 5.75 Å². The van der Waals surface area contributed by atoms with Gasteiger partial charge in [-0.1, -0.05) is 48.6 Å². The van der Waals surface area contributed by atoms with Crippen molar-refractivity contribution in [2.45, 2.75) is 30.4 Å². The maximum atomic E-state index is 13.2. The number of aromatic carboxylic acids is 1. The Hall–Kier alpha value is -4.41. The molecular weight excluding hydrogens is 558 g/mol. The van der Waals surface area contributed by atoms with E-state index in [0.29, 0.717) is 34.6 Å². The average Bonchev–Trinajstić information content (AvgIpc) is 3.37. The van der Waals surface area contributed by atoms with E-state index in [0.717, 1.165) is 20.9 Å². The van der Waals surface area contributed by atoms with Gasteiger partial charge in [0.15, 0.2) is 5.13 Å². The Kier molecular flexibility index (Phi) is 8.51. The number of hydrogen-bond acceptors (Lipinski definition) is 7. The molecule has 1 aromatic heterocycles. The van der Waals surface area contributed by atoms with Crippen LogP contribution in [0.4, 0.5) is 10.8 Å². The maximum absolute atomic E-state index is 13.2. The van der Waals surface area contributed by atoms with Crippen LogP contribution < -0.4 is 15.4 Å². The lowest BCUT2D eigenvalue weighted by atomic mass is 9.98. The van der Waals surface area contributed by atoms with Crippen molar-refractivity contribution in [1.29, 1.82) is 0 Å². The van der Waals surface area contributed by atoms with E-state index < -0.39 is 11.9 Å². The summed E-state index contributed by atoms with van der Waals surface area (Å²) in [5.41, 5.74) is 1.67. The number of carbonyl (C=O) groups is 3. The molecule has 0 spiro atoms. The van der Waals surface area contributed by atoms with Gasteiger partial charge in [-0.3, -0.25) is 9.59 Å². The zero-order valence-corrected chi connectivity index (χ0v) is 24.0. The van der Waals surface area contributed by atoms with Crippen molar-refractivity contribution >= 4 is 72.7 Å². The molecule has 1 atom stereocenters. The summed E-state index contributed by atoms with van der Waals surface area (Å²) in [6, 6.07) is 22.9. The number of rotatable bonds is 10. The highest BCUT2D eigenvalue weighted by molar-refractivity contribution is 8.00. The van der Waals surface area contributed by atoms with Gasteiger partial charge in [0.25, 0.3) is 5.91 Å². The van der Waals surface area contributed by atoms with Gasteiger partial charge in [0, 0.05) is 21.5 Å². The molecule has 5 aromatic rings. The van der Waals surface area contributed by atoms with Crippen LogP contribution in [0.2, 0.25) is 0 Å². The number of nitrogens with zero attached hydrogens (tertiary/aromatic N) is 1. The number of carboxylic acid groups (broad SMARTS) is 1. The summed E-state index contributed by atoms with van der Waals surface area (Å²) < 4.78 is 6.48. The van der Waals surface area contributed by atoms with Gasteiger partial charge >= 0.3 is 5.97 Å². The first-order chi connectivity index (χ1) is 19.9. The molecule has 4 aromatic carbocycles. The first-order valence-corrected chi connectivity index (χ1v) is 14.7. The first-order valence-electron chi connectivity index (χ1n) is 13.0. The fourth-order valence-electron chi connectivity index (χ4n) is 4.44. The number of anilines is 2. The van der Waals surface area contributed by atoms with Crippen LogP contribution in [-0.2, 0) is 4.79 Å². The Morgan fingerprint density at radius 1 is 0.951 bits per heavy atom. The molecule has 41 heavy (non-hydrogen) atoms. The molecule has 2 amide bonds. The SMILES string of the molecule is CCOc1ccc2nc(NC(=O)C(CC)Sc3cccc(NC(=O)c4cccc5cccc(C(=O)O)c45)c3)sc2c1. The summed E-state index contributed by atoms with van der Waals surface area (Å²) in [5, 5.41) is 16.7. The molecule has 0 fully saturated rings. The summed E-state index contributed by atoms with van der Waals surface area (Å²) in [7, 11) is 0. The van der Waals surface area contributed by atoms with E-state index in [-0.39, 0.29) is 22.3 Å². The highest BCUT2D eigenvalue weighted by atomic mass is 32.2. The van der Waals surface area contributed by atoms with E-state index in [1.54, 1.807) is 48.5 Å². The van der Waals surface area contributed by atoms with Crippen LogP contribution in [0.1, 0.15) is 41.0 Å². The first kappa shape index (κ1) is 28.1. The molecule has 1 unspecified atom stereocenters. The lowest BCUT2D eigenvalue weighted by Gasteiger charge is -2.15. The van der Waals surface area contributed by atoms with Crippen molar-refractivity contribution in [1.82, 2.24) is 4.98 Å². The summed E-state index contributed by atoms with van der Waals surface area (Å²) in [6.07, 6.45) is 0.584. The summed E-state index contributed by atoms with van der Waals surface area (Å²) in [4.78, 5) is 43.5. The van der Waals surface area contributed by atoms with Gasteiger partial charge < -0.3 is 20.5 Å². The van der Waals surface area contributed by atoms with E-state index in [9.17, 15) is 19.5 Å². The number of aromatic nitrogens is 1. The standard InChI is InChI=1S/C31H27N3O5S2/c1-3-25(29(36)34-31-33-24-15-14-20(39-4-2)17-26(24)41-31)40-21-11-7-10-19(16-21)32-28(35)22-12-5-8-18-9-6-13-23(27(18)22)30(37)38/h5-17,25H,3-4H2,1-2H3,(H,32,35)(H,37,38)(H,33,34,36). The molecule has 0 aliphatic rings. The Bertz CT molecular complexity index is 1760. The number of amides is 2. The minimum atomic E-state index is -1.10. The average molecular weight is 586 g/mol. The van der Waals surface area contributed by atoms with Gasteiger partial charge in [-0.05, 0) is 67.3 Å². The summed E-state index contributed by atoms with van der Waals surface area (Å²) >= 11 is 2.79. The Morgan fingerprint density at radius 3 is 2.44 bits per heavy atom. The molecular formula is C31H27N3O5S2. The molecule has 5 rings (SSSR count). The second-order valence-electron chi connectivity index (χ2n) is 9.08. The van der Waals surface area contributed by atoms with Gasteiger partial charge in [-0.25, -0.2) is 9.78 Å². The number of nitrogens with one attached hydrogen (secondary N) is 2. The van der Waals surface area contributed by atoms with Crippen LogP contribution in [0, 0.1) is 0 Å². The van der Waals surface area contributed by atoms with Crippen molar-refractivity contribution < 1.29 is 24.2 Å². The third-order valence-electron chi connectivity index (χ3n) is 6.31. The number of thiazole rings is 1. The van der Waals surface area contributed by atoms with Crippen LogP contribution in [-0.4, -0.2) is 39.7 Å². The third-order valence-corrected chi connectivity index (χ3v) is 8.61. The lowest BCUT2D eigenvalue weighted by Crippen LogP contribution is -2.24. The molecule has 8 nitrogen and oxygen atoms in total. The van der Waals surface area contributed by atoms with Crippen molar-refractivity contribution in [3.05, 3.63) is 90.0 Å². The van der Waals surface area contributed by atoms with E-state index in [1.165, 1.54) is 29.2 Å². The number of carbonyl (C=O) groups excluding carboxylic acids is 2. The van der Waals surface area contributed by atoms with Crippen molar-refractivity contribution in [2.75, 3.05) is 17.2 Å². The van der Waals surface area contributed by atoms with Crippen LogP contribution in [0.25, 0.3) is 21.0 Å². The summed E-state index contributed by atoms with van der Waals surface area (Å²) in [5.74, 6) is -0.912. The lowest BCUT2D eigenvalue weighted by molar-refractivity contribution is -0.115. The molecule has 0 aliphatic carbocycles. The number of benzene rings is 4. The Morgan fingerprint density at radius 2 is 1.71 bits per heavy atom. The van der Waals surface area contributed by atoms with E-state index in [4.69, 9.17) is 4.74 Å². The van der Waals surface area contributed by atoms with E-state index >= 15 is 0 Å². The zero-order valence-electron chi connectivity index (χ0n) is 22.3. The fraction of sp³-hybridized carbons (Fsp3) is 0.161. The minimum Gasteiger partial charge on any atom is -0.494 e. The van der Waals surface area contributed by atoms with Gasteiger partial charge in [-0.15, -0.1) is 11.8 Å². The number of hydrogen-bond donors (Lipinski definition) is 3. The molecule has 208 valence electrons. The largest absolute Gasteiger partial charge is 0.494 e. The maximum Gasteiger partial charge on any atom is 0.336 e. The predicted octanol–water partition coefficient (Wildman–Crippen LogP) is 7.31. The summed E-state index contributed by atoms with van der Waals surface area (Å²) in [6.45, 7) is 4.44. The molecule has 0 saturated carbocycles. The fourth-order valence-corrected chi connectivity index (χ4v) is 6.35. The molecule has 10 heteroatoms. The normalized spacial score (nSPS) is 11.8.